The largest absolute Gasteiger partial charge is 0.482 e. The highest BCUT2D eigenvalue weighted by atomic mass is 16.6. The summed E-state index contributed by atoms with van der Waals surface area (Å²) < 4.78 is 10.4. The van der Waals surface area contributed by atoms with Gasteiger partial charge in [-0.3, -0.25) is 10.1 Å². The van der Waals surface area contributed by atoms with E-state index in [1.165, 1.54) is 18.2 Å². The Kier molecular flexibility index (Phi) is 4.38. The molecule has 0 aliphatic carbocycles. The van der Waals surface area contributed by atoms with Crippen molar-refractivity contribution in [2.75, 3.05) is 6.61 Å². The average Bonchev–Trinajstić information content (AvgIpc) is 2.60. The summed E-state index contributed by atoms with van der Waals surface area (Å²) >= 11 is 0. The van der Waals surface area contributed by atoms with E-state index in [4.69, 9.17) is 9.47 Å². The van der Waals surface area contributed by atoms with Gasteiger partial charge in [0.15, 0.2) is 6.61 Å². The van der Waals surface area contributed by atoms with Crippen molar-refractivity contribution in [2.24, 2.45) is 0 Å². The number of rotatable bonds is 5. The van der Waals surface area contributed by atoms with Gasteiger partial charge in [-0.1, -0.05) is 42.5 Å². The first-order valence-electron chi connectivity index (χ1n) is 7.19. The molecule has 6 nitrogen and oxygen atoms in total. The number of ether oxygens (including phenoxy) is 2. The van der Waals surface area contributed by atoms with E-state index in [1.807, 2.05) is 36.4 Å². The molecule has 0 spiro atoms. The first-order chi connectivity index (χ1) is 11.6. The van der Waals surface area contributed by atoms with Gasteiger partial charge in [0.25, 0.3) is 0 Å². The maximum absolute atomic E-state index is 11.9. The molecule has 0 bridgehead atoms. The van der Waals surface area contributed by atoms with E-state index < -0.39 is 10.9 Å². The van der Waals surface area contributed by atoms with Crippen molar-refractivity contribution in [3.8, 4) is 11.5 Å². The molecule has 120 valence electrons. The molecule has 0 aliphatic rings. The van der Waals surface area contributed by atoms with Gasteiger partial charge in [-0.05, 0) is 29.0 Å². The molecule has 0 unspecified atom stereocenters. The maximum Gasteiger partial charge on any atom is 0.349 e. The monoisotopic (exact) mass is 323 g/mol. The fourth-order valence-electron chi connectivity index (χ4n) is 2.25. The minimum Gasteiger partial charge on any atom is -0.482 e. The molecule has 0 heterocycles. The highest BCUT2D eigenvalue weighted by molar-refractivity contribution is 5.84. The number of nitrogens with zero attached hydrogens (tertiary/aromatic N) is 1. The second kappa shape index (κ2) is 6.78. The van der Waals surface area contributed by atoms with Crippen LogP contribution in [0.1, 0.15) is 0 Å². The molecule has 0 fully saturated rings. The van der Waals surface area contributed by atoms with E-state index >= 15 is 0 Å². The SMILES string of the molecule is O=C(COc1ccc2ccccc2c1)Oc1ccccc1[N+](=O)[O-]. The fraction of sp³-hybridized carbons (Fsp3) is 0.0556. The Morgan fingerprint density at radius 2 is 1.67 bits per heavy atom. The van der Waals surface area contributed by atoms with E-state index in [0.29, 0.717) is 5.75 Å². The highest BCUT2D eigenvalue weighted by Gasteiger charge is 2.17. The third kappa shape index (κ3) is 3.49. The predicted octanol–water partition coefficient (Wildman–Crippen LogP) is 3.73. The number of nitro groups is 1. The smallest absolute Gasteiger partial charge is 0.349 e. The molecule has 0 saturated carbocycles. The van der Waals surface area contributed by atoms with E-state index in [9.17, 15) is 14.9 Å². The molecule has 0 radical (unpaired) electrons. The number of nitro benzene ring substituents is 1. The first-order valence-corrected chi connectivity index (χ1v) is 7.19. The molecule has 0 atom stereocenters. The van der Waals surface area contributed by atoms with Crippen LogP contribution in [0.2, 0.25) is 0 Å². The van der Waals surface area contributed by atoms with Gasteiger partial charge in [-0.15, -0.1) is 0 Å². The summed E-state index contributed by atoms with van der Waals surface area (Å²) in [7, 11) is 0. The first kappa shape index (κ1) is 15.5. The lowest BCUT2D eigenvalue weighted by Gasteiger charge is -2.08. The zero-order valence-electron chi connectivity index (χ0n) is 12.5. The minimum absolute atomic E-state index is 0.102. The zero-order chi connectivity index (χ0) is 16.9. The molecule has 0 aromatic heterocycles. The van der Waals surface area contributed by atoms with Crippen LogP contribution in [0.25, 0.3) is 10.8 Å². The summed E-state index contributed by atoms with van der Waals surface area (Å²) in [6.45, 7) is -0.343. The standard InChI is InChI=1S/C18H13NO5/c20-18(24-17-8-4-3-7-16(17)19(21)22)12-23-15-10-9-13-5-1-2-6-14(13)11-15/h1-11H,12H2. The van der Waals surface area contributed by atoms with E-state index in [0.717, 1.165) is 10.8 Å². The molecule has 0 amide bonds. The Balaban J connectivity index is 1.66. The van der Waals surface area contributed by atoms with Crippen molar-refractivity contribution in [2.45, 2.75) is 0 Å². The average molecular weight is 323 g/mol. The molecule has 0 N–H and O–H groups in total. The zero-order valence-corrected chi connectivity index (χ0v) is 12.5. The van der Waals surface area contributed by atoms with Crippen molar-refractivity contribution in [3.63, 3.8) is 0 Å². The highest BCUT2D eigenvalue weighted by Crippen LogP contribution is 2.26. The van der Waals surface area contributed by atoms with Crippen LogP contribution in [0.15, 0.2) is 66.7 Å². The fourth-order valence-corrected chi connectivity index (χ4v) is 2.25. The lowest BCUT2D eigenvalue weighted by Crippen LogP contribution is -2.18. The van der Waals surface area contributed by atoms with Crippen LogP contribution < -0.4 is 9.47 Å². The van der Waals surface area contributed by atoms with Crippen molar-refractivity contribution < 1.29 is 19.2 Å². The maximum atomic E-state index is 11.9. The summed E-state index contributed by atoms with van der Waals surface area (Å²) in [5.74, 6) is -0.291. The van der Waals surface area contributed by atoms with Gasteiger partial charge in [0.1, 0.15) is 5.75 Å². The molecule has 0 aliphatic heterocycles. The van der Waals surface area contributed by atoms with Gasteiger partial charge in [0.2, 0.25) is 5.75 Å². The number of hydrogen-bond donors (Lipinski definition) is 0. The minimum atomic E-state index is -0.711. The van der Waals surface area contributed by atoms with Gasteiger partial charge >= 0.3 is 11.7 Å². The topological polar surface area (TPSA) is 78.7 Å². The summed E-state index contributed by atoms with van der Waals surface area (Å²) in [5.41, 5.74) is -0.267. The third-order valence-electron chi connectivity index (χ3n) is 3.36. The van der Waals surface area contributed by atoms with E-state index in [2.05, 4.69) is 0 Å². The number of carbonyl (C=O) groups is 1. The number of hydrogen-bond acceptors (Lipinski definition) is 5. The Morgan fingerprint density at radius 1 is 0.958 bits per heavy atom. The number of fused-ring (bicyclic) bond motifs is 1. The molecule has 24 heavy (non-hydrogen) atoms. The van der Waals surface area contributed by atoms with E-state index in [1.54, 1.807) is 12.1 Å². The number of para-hydroxylation sites is 2. The van der Waals surface area contributed by atoms with Gasteiger partial charge in [-0.2, -0.15) is 0 Å². The van der Waals surface area contributed by atoms with Crippen LogP contribution >= 0.6 is 0 Å². The molecule has 0 saturated heterocycles. The second-order valence-corrected chi connectivity index (χ2v) is 5.00. The number of carbonyl (C=O) groups excluding carboxylic acids is 1. The molecule has 3 aromatic carbocycles. The van der Waals surface area contributed by atoms with E-state index in [-0.39, 0.29) is 18.0 Å². The molecular formula is C18H13NO5. The van der Waals surface area contributed by atoms with Gasteiger partial charge in [0.05, 0.1) is 4.92 Å². The Bertz CT molecular complexity index is 907. The Hall–Kier alpha value is -3.41. The van der Waals surface area contributed by atoms with Crippen molar-refractivity contribution in [1.82, 2.24) is 0 Å². The lowest BCUT2D eigenvalue weighted by molar-refractivity contribution is -0.385. The normalized spacial score (nSPS) is 10.3. The van der Waals surface area contributed by atoms with Crippen LogP contribution in [-0.2, 0) is 4.79 Å². The van der Waals surface area contributed by atoms with Crippen molar-refractivity contribution in [3.05, 3.63) is 76.8 Å². The quantitative estimate of drug-likeness (QED) is 0.309. The van der Waals surface area contributed by atoms with Crippen LogP contribution in [0.5, 0.6) is 11.5 Å². The Labute approximate surface area is 137 Å². The van der Waals surface area contributed by atoms with Crippen LogP contribution in [0, 0.1) is 10.1 Å². The molecular weight excluding hydrogens is 310 g/mol. The van der Waals surface area contributed by atoms with Gasteiger partial charge < -0.3 is 9.47 Å². The van der Waals surface area contributed by atoms with Crippen LogP contribution in [0.3, 0.4) is 0 Å². The summed E-state index contributed by atoms with van der Waals surface area (Å²) in [4.78, 5) is 22.1. The second-order valence-electron chi connectivity index (χ2n) is 5.00. The third-order valence-corrected chi connectivity index (χ3v) is 3.36. The number of benzene rings is 3. The molecule has 3 aromatic rings. The summed E-state index contributed by atoms with van der Waals surface area (Å²) in [6, 6.07) is 18.9. The van der Waals surface area contributed by atoms with Crippen molar-refractivity contribution in [1.29, 1.82) is 0 Å². The number of esters is 1. The predicted molar refractivity (Wildman–Crippen MR) is 88.2 cm³/mol. The molecule has 3 rings (SSSR count). The summed E-state index contributed by atoms with van der Waals surface area (Å²) in [5, 5.41) is 12.9. The van der Waals surface area contributed by atoms with Gasteiger partial charge in [0, 0.05) is 6.07 Å². The van der Waals surface area contributed by atoms with Crippen LogP contribution in [-0.4, -0.2) is 17.5 Å². The Morgan fingerprint density at radius 3 is 2.46 bits per heavy atom. The molecule has 6 heteroatoms. The van der Waals surface area contributed by atoms with Crippen LogP contribution in [0.4, 0.5) is 5.69 Å². The lowest BCUT2D eigenvalue weighted by atomic mass is 10.1. The summed E-state index contributed by atoms with van der Waals surface area (Å²) in [6.07, 6.45) is 0. The van der Waals surface area contributed by atoms with Crippen molar-refractivity contribution >= 4 is 22.4 Å². The van der Waals surface area contributed by atoms with Gasteiger partial charge in [-0.25, -0.2) is 4.79 Å².